The van der Waals surface area contributed by atoms with Crippen LogP contribution in [0.3, 0.4) is 0 Å². The van der Waals surface area contributed by atoms with Crippen LogP contribution in [0.25, 0.3) is 0 Å². The van der Waals surface area contributed by atoms with Crippen molar-refractivity contribution in [2.24, 2.45) is 29.6 Å². The normalized spacial score (nSPS) is 24.8. The molecule has 4 atom stereocenters. The Kier molecular flexibility index (Phi) is 8.13. The maximum atomic E-state index is 12.1. The van der Waals surface area contributed by atoms with Gasteiger partial charge in [0.15, 0.2) is 11.6 Å². The first-order valence-electron chi connectivity index (χ1n) is 13.3. The third-order valence-corrected chi connectivity index (χ3v) is 8.47. The Morgan fingerprint density at radius 2 is 1.21 bits per heavy atom. The number of ether oxygens (including phenoxy) is 1. The van der Waals surface area contributed by atoms with Crippen molar-refractivity contribution in [2.45, 2.75) is 57.7 Å². The number of ketones is 2. The highest BCUT2D eigenvalue weighted by molar-refractivity contribution is 6.32. The molecule has 0 unspecified atom stereocenters. The third-order valence-electron chi connectivity index (χ3n) is 7.77. The first-order valence-corrected chi connectivity index (χ1v) is 14.1. The fraction of sp³-hybridized carbons (Fsp3) is 0.467. The van der Waals surface area contributed by atoms with E-state index >= 15 is 0 Å². The summed E-state index contributed by atoms with van der Waals surface area (Å²) < 4.78 is 5.58. The molecule has 0 heterocycles. The van der Waals surface area contributed by atoms with Gasteiger partial charge < -0.3 is 14.9 Å². The van der Waals surface area contributed by atoms with Crippen LogP contribution in [-0.2, 0) is 27.4 Å². The van der Waals surface area contributed by atoms with E-state index in [-0.39, 0.29) is 17.5 Å². The molecule has 206 valence electrons. The SMILES string of the molecule is O=C(O)[C@H]1C[C@@H]1C(=O)c1ccc(CC2CC2)c(Cl)c1.O=C(O)[C@H]1C[C@@H]1C(=O)c1ccc(COC2CC2)c(Cl)c1. The van der Waals surface area contributed by atoms with Gasteiger partial charge in [-0.15, -0.1) is 0 Å². The van der Waals surface area contributed by atoms with E-state index in [1.165, 1.54) is 12.8 Å². The molecule has 0 radical (unpaired) electrons. The monoisotopic (exact) mass is 572 g/mol. The molecule has 0 spiro atoms. The lowest BCUT2D eigenvalue weighted by Crippen LogP contribution is -2.08. The Labute approximate surface area is 236 Å². The second-order valence-electron chi connectivity index (χ2n) is 11.1. The van der Waals surface area contributed by atoms with Gasteiger partial charge in [-0.05, 0) is 74.1 Å². The number of Topliss-reactive ketones (excluding diaryl/α,β-unsaturated/α-hetero) is 2. The molecule has 2 aromatic rings. The standard InChI is InChI=1S/C15H15ClO4.C15H15ClO3/c16-13-5-8(14(17)11-6-12(11)15(18)19)1-2-9(13)7-20-10-3-4-10;16-13-6-10(4-3-9(13)5-8-1-2-8)14(17)11-7-12(11)15(18)19/h1-2,5,10-12H,3-4,6-7H2,(H,18,19);3-4,6,8,11-12H,1-2,5,7H2,(H,18,19)/t2*11-,12-/m00/s1. The van der Waals surface area contributed by atoms with Crippen LogP contribution in [0, 0.1) is 29.6 Å². The van der Waals surface area contributed by atoms with Gasteiger partial charge in [0.2, 0.25) is 0 Å². The predicted molar refractivity (Wildman–Crippen MR) is 144 cm³/mol. The zero-order chi connectivity index (χ0) is 27.8. The van der Waals surface area contributed by atoms with E-state index in [4.69, 9.17) is 38.2 Å². The molecule has 0 bridgehead atoms. The highest BCUT2D eigenvalue weighted by Gasteiger charge is 2.49. The number of hydrogen-bond donors (Lipinski definition) is 2. The molecule has 0 saturated heterocycles. The molecule has 6 rings (SSSR count). The molecular weight excluding hydrogens is 543 g/mol. The molecule has 0 aliphatic heterocycles. The Hall–Kier alpha value is -2.74. The summed E-state index contributed by atoms with van der Waals surface area (Å²) in [6.07, 6.45) is 6.95. The van der Waals surface area contributed by atoms with Crippen LogP contribution in [-0.4, -0.2) is 39.8 Å². The smallest absolute Gasteiger partial charge is 0.307 e. The second kappa shape index (κ2) is 11.4. The fourth-order valence-electron chi connectivity index (χ4n) is 4.70. The van der Waals surface area contributed by atoms with Crippen LogP contribution in [0.2, 0.25) is 10.0 Å². The Morgan fingerprint density at radius 1 is 0.718 bits per heavy atom. The average Bonchev–Trinajstić information content (AvgIpc) is 3.75. The summed E-state index contributed by atoms with van der Waals surface area (Å²) in [4.78, 5) is 45.8. The van der Waals surface area contributed by atoms with E-state index in [1.807, 2.05) is 6.07 Å². The summed E-state index contributed by atoms with van der Waals surface area (Å²) in [5.74, 6) is -3.03. The Morgan fingerprint density at radius 3 is 1.59 bits per heavy atom. The Balaban J connectivity index is 0.000000158. The maximum Gasteiger partial charge on any atom is 0.307 e. The number of rotatable bonds is 11. The second-order valence-corrected chi connectivity index (χ2v) is 11.9. The molecule has 4 saturated carbocycles. The molecule has 0 amide bonds. The minimum Gasteiger partial charge on any atom is -0.481 e. The lowest BCUT2D eigenvalue weighted by Gasteiger charge is -2.07. The Bertz CT molecular complexity index is 1310. The molecule has 2 N–H and O–H groups in total. The zero-order valence-electron chi connectivity index (χ0n) is 21.3. The molecule has 4 aliphatic rings. The number of halogens is 2. The van der Waals surface area contributed by atoms with Crippen molar-refractivity contribution in [3.63, 3.8) is 0 Å². The van der Waals surface area contributed by atoms with Crippen LogP contribution in [0.4, 0.5) is 0 Å². The topological polar surface area (TPSA) is 118 Å². The van der Waals surface area contributed by atoms with Crippen molar-refractivity contribution >= 4 is 46.7 Å². The van der Waals surface area contributed by atoms with Crippen LogP contribution < -0.4 is 0 Å². The largest absolute Gasteiger partial charge is 0.481 e. The lowest BCUT2D eigenvalue weighted by molar-refractivity contribution is -0.139. The van der Waals surface area contributed by atoms with E-state index in [9.17, 15) is 19.2 Å². The van der Waals surface area contributed by atoms with Gasteiger partial charge in [-0.3, -0.25) is 19.2 Å². The minimum absolute atomic E-state index is 0.0905. The van der Waals surface area contributed by atoms with Crippen molar-refractivity contribution < 1.29 is 34.1 Å². The van der Waals surface area contributed by atoms with E-state index in [1.54, 1.807) is 30.3 Å². The number of carboxylic acids is 2. The van der Waals surface area contributed by atoms with Gasteiger partial charge in [0, 0.05) is 33.0 Å². The molecule has 4 aliphatic carbocycles. The molecular formula is C30H30Cl2O7. The van der Waals surface area contributed by atoms with Crippen molar-refractivity contribution in [1.29, 1.82) is 0 Å². The first-order chi connectivity index (χ1) is 18.6. The summed E-state index contributed by atoms with van der Waals surface area (Å²) in [5, 5.41) is 18.8. The molecule has 7 nitrogen and oxygen atoms in total. The van der Waals surface area contributed by atoms with E-state index in [2.05, 4.69) is 0 Å². The number of carbonyl (C=O) groups excluding carboxylic acids is 2. The van der Waals surface area contributed by atoms with Gasteiger partial charge in [-0.2, -0.15) is 0 Å². The summed E-state index contributed by atoms with van der Waals surface area (Å²) in [6, 6.07) is 10.5. The quantitative estimate of drug-likeness (QED) is 0.311. The minimum atomic E-state index is -0.899. The van der Waals surface area contributed by atoms with Gasteiger partial charge in [-0.25, -0.2) is 0 Å². The van der Waals surface area contributed by atoms with Crippen molar-refractivity contribution in [3.05, 3.63) is 68.7 Å². The third kappa shape index (κ3) is 7.07. The average molecular weight is 573 g/mol. The molecule has 4 fully saturated rings. The van der Waals surface area contributed by atoms with Gasteiger partial charge in [0.1, 0.15) is 0 Å². The van der Waals surface area contributed by atoms with E-state index in [0.717, 1.165) is 36.3 Å². The first kappa shape index (κ1) is 27.8. The number of carbonyl (C=O) groups is 4. The highest BCUT2D eigenvalue weighted by atomic mass is 35.5. The van der Waals surface area contributed by atoms with E-state index in [0.29, 0.717) is 46.7 Å². The van der Waals surface area contributed by atoms with E-state index < -0.39 is 29.7 Å². The number of benzene rings is 2. The van der Waals surface area contributed by atoms with Crippen molar-refractivity contribution in [1.82, 2.24) is 0 Å². The molecule has 39 heavy (non-hydrogen) atoms. The number of hydrogen-bond acceptors (Lipinski definition) is 5. The van der Waals surface area contributed by atoms with Crippen molar-refractivity contribution in [3.8, 4) is 0 Å². The summed E-state index contributed by atoms with van der Waals surface area (Å²) in [6.45, 7) is 0.457. The van der Waals surface area contributed by atoms with Crippen molar-refractivity contribution in [2.75, 3.05) is 0 Å². The summed E-state index contributed by atoms with van der Waals surface area (Å²) in [7, 11) is 0. The number of aliphatic carboxylic acids is 2. The number of carboxylic acid groups (broad SMARTS) is 2. The van der Waals surface area contributed by atoms with Gasteiger partial charge in [0.25, 0.3) is 0 Å². The van der Waals surface area contributed by atoms with Crippen LogP contribution in [0.5, 0.6) is 0 Å². The molecule has 9 heteroatoms. The highest BCUT2D eigenvalue weighted by Crippen LogP contribution is 2.43. The zero-order valence-corrected chi connectivity index (χ0v) is 22.8. The van der Waals surface area contributed by atoms with Crippen LogP contribution in [0.15, 0.2) is 36.4 Å². The fourth-order valence-corrected chi connectivity index (χ4v) is 5.20. The lowest BCUT2D eigenvalue weighted by atomic mass is 10.0. The van der Waals surface area contributed by atoms with Crippen LogP contribution >= 0.6 is 23.2 Å². The van der Waals surface area contributed by atoms with Gasteiger partial charge in [-0.1, -0.05) is 47.5 Å². The summed E-state index contributed by atoms with van der Waals surface area (Å²) >= 11 is 12.4. The van der Waals surface area contributed by atoms with Crippen LogP contribution in [0.1, 0.15) is 70.4 Å². The summed E-state index contributed by atoms with van der Waals surface area (Å²) in [5.41, 5.74) is 2.98. The predicted octanol–water partition coefficient (Wildman–Crippen LogP) is 6.12. The van der Waals surface area contributed by atoms with Gasteiger partial charge >= 0.3 is 11.9 Å². The molecule has 2 aromatic carbocycles. The molecule has 0 aromatic heterocycles. The maximum absolute atomic E-state index is 12.1. The van der Waals surface area contributed by atoms with Gasteiger partial charge in [0.05, 0.1) is 24.5 Å².